The number of carbonyl (C=O) groups excluding carboxylic acids is 1. The molecular formula is C19H15ClN4O. The van der Waals surface area contributed by atoms with E-state index in [1.54, 1.807) is 24.3 Å². The van der Waals surface area contributed by atoms with Crippen molar-refractivity contribution in [1.82, 2.24) is 0 Å². The summed E-state index contributed by atoms with van der Waals surface area (Å²) in [7, 11) is 0. The standard InChI is InChI=1S/C19H15ClN4O/c1-12(25)18-17(13-5-3-2-4-6-13)16(11-21)19(22)24(23-18)15-9-7-14(20)8-10-15/h2-10,17H,22H2,1H3/t17-/m0/s1. The number of halogens is 1. The Morgan fingerprint density at radius 1 is 1.20 bits per heavy atom. The number of Topliss-reactive ketones (excluding diaryl/α,β-unsaturated/α-hetero) is 1. The smallest absolute Gasteiger partial charge is 0.176 e. The Labute approximate surface area is 150 Å². The van der Waals surface area contributed by atoms with Crippen molar-refractivity contribution in [3.05, 3.63) is 76.6 Å². The van der Waals surface area contributed by atoms with Crippen LogP contribution in [0.2, 0.25) is 5.02 Å². The van der Waals surface area contributed by atoms with Crippen molar-refractivity contribution in [2.24, 2.45) is 10.8 Å². The van der Waals surface area contributed by atoms with Crippen LogP contribution in [0.15, 0.2) is 71.1 Å². The van der Waals surface area contributed by atoms with E-state index >= 15 is 0 Å². The monoisotopic (exact) mass is 350 g/mol. The van der Waals surface area contributed by atoms with E-state index in [2.05, 4.69) is 11.2 Å². The van der Waals surface area contributed by atoms with Crippen molar-refractivity contribution in [3.8, 4) is 6.07 Å². The number of hydrogen-bond acceptors (Lipinski definition) is 5. The molecule has 1 aliphatic heterocycles. The Kier molecular flexibility index (Phi) is 4.55. The molecule has 0 aliphatic carbocycles. The first kappa shape index (κ1) is 16.7. The number of anilines is 1. The van der Waals surface area contributed by atoms with E-state index in [0.717, 1.165) is 5.56 Å². The molecule has 0 fully saturated rings. The molecule has 0 radical (unpaired) electrons. The number of benzene rings is 2. The SMILES string of the molecule is CC(=O)C1=NN(c2ccc(Cl)cc2)C(N)=C(C#N)[C@@H]1c1ccccc1. The van der Waals surface area contributed by atoms with Gasteiger partial charge in [0.1, 0.15) is 11.5 Å². The van der Waals surface area contributed by atoms with Gasteiger partial charge in [-0.1, -0.05) is 41.9 Å². The van der Waals surface area contributed by atoms with E-state index in [1.165, 1.54) is 11.9 Å². The Morgan fingerprint density at radius 2 is 1.84 bits per heavy atom. The highest BCUT2D eigenvalue weighted by molar-refractivity contribution is 6.42. The summed E-state index contributed by atoms with van der Waals surface area (Å²) in [6.07, 6.45) is 0. The van der Waals surface area contributed by atoms with Crippen LogP contribution < -0.4 is 10.7 Å². The van der Waals surface area contributed by atoms with E-state index < -0.39 is 5.92 Å². The normalized spacial score (nSPS) is 17.1. The molecule has 0 aromatic heterocycles. The fraction of sp³-hybridized carbons (Fsp3) is 0.105. The third-order valence-electron chi connectivity index (χ3n) is 3.96. The Hall–Kier alpha value is -3.10. The van der Waals surface area contributed by atoms with Crippen LogP contribution in [0.1, 0.15) is 18.4 Å². The van der Waals surface area contributed by atoms with Crippen LogP contribution in [0.3, 0.4) is 0 Å². The molecule has 3 rings (SSSR count). The summed E-state index contributed by atoms with van der Waals surface area (Å²) in [5.41, 5.74) is 8.21. The Balaban J connectivity index is 2.17. The van der Waals surface area contributed by atoms with Gasteiger partial charge in [-0.05, 0) is 29.8 Å². The van der Waals surface area contributed by atoms with Crippen molar-refractivity contribution in [2.45, 2.75) is 12.8 Å². The van der Waals surface area contributed by atoms with Crippen molar-refractivity contribution < 1.29 is 4.79 Å². The first-order chi connectivity index (χ1) is 12.0. The lowest BCUT2D eigenvalue weighted by Crippen LogP contribution is -2.36. The topological polar surface area (TPSA) is 82.5 Å². The molecule has 0 bridgehead atoms. The molecule has 0 saturated heterocycles. The Morgan fingerprint density at radius 3 is 2.40 bits per heavy atom. The minimum Gasteiger partial charge on any atom is -0.383 e. The fourth-order valence-electron chi connectivity index (χ4n) is 2.76. The number of nitrogens with two attached hydrogens (primary N) is 1. The van der Waals surface area contributed by atoms with E-state index in [-0.39, 0.29) is 17.3 Å². The molecule has 1 aliphatic rings. The van der Waals surface area contributed by atoms with Crippen LogP contribution in [-0.4, -0.2) is 11.5 Å². The van der Waals surface area contributed by atoms with Gasteiger partial charge in [0, 0.05) is 11.9 Å². The van der Waals surface area contributed by atoms with Gasteiger partial charge >= 0.3 is 0 Å². The van der Waals surface area contributed by atoms with Gasteiger partial charge in [0.2, 0.25) is 0 Å². The van der Waals surface area contributed by atoms with E-state index in [4.69, 9.17) is 17.3 Å². The lowest BCUT2D eigenvalue weighted by atomic mass is 9.85. The highest BCUT2D eigenvalue weighted by atomic mass is 35.5. The van der Waals surface area contributed by atoms with Crippen molar-refractivity contribution in [2.75, 3.05) is 5.01 Å². The summed E-state index contributed by atoms with van der Waals surface area (Å²) in [6, 6.07) is 18.3. The maximum atomic E-state index is 12.2. The lowest BCUT2D eigenvalue weighted by Gasteiger charge is -2.30. The zero-order valence-corrected chi connectivity index (χ0v) is 14.2. The van der Waals surface area contributed by atoms with Crippen LogP contribution in [0.4, 0.5) is 5.69 Å². The first-order valence-corrected chi connectivity index (χ1v) is 8.00. The van der Waals surface area contributed by atoms with Gasteiger partial charge in [-0.25, -0.2) is 5.01 Å². The van der Waals surface area contributed by atoms with Gasteiger partial charge in [-0.3, -0.25) is 4.79 Å². The molecule has 2 aromatic carbocycles. The predicted molar refractivity (Wildman–Crippen MR) is 98.1 cm³/mol. The largest absolute Gasteiger partial charge is 0.383 e. The molecule has 2 aromatic rings. The molecule has 6 heteroatoms. The second-order valence-electron chi connectivity index (χ2n) is 5.58. The fourth-order valence-corrected chi connectivity index (χ4v) is 2.89. The quantitative estimate of drug-likeness (QED) is 0.917. The number of carbonyl (C=O) groups is 1. The molecule has 2 N–H and O–H groups in total. The zero-order valence-electron chi connectivity index (χ0n) is 13.5. The minimum absolute atomic E-state index is 0.198. The summed E-state index contributed by atoms with van der Waals surface area (Å²) in [6.45, 7) is 1.44. The van der Waals surface area contributed by atoms with Gasteiger partial charge < -0.3 is 5.73 Å². The average molecular weight is 351 g/mol. The molecule has 124 valence electrons. The molecule has 5 nitrogen and oxygen atoms in total. The van der Waals surface area contributed by atoms with Crippen LogP contribution in [0, 0.1) is 11.3 Å². The van der Waals surface area contributed by atoms with Crippen LogP contribution in [-0.2, 0) is 4.79 Å². The van der Waals surface area contributed by atoms with Crippen molar-refractivity contribution in [1.29, 1.82) is 5.26 Å². The summed E-state index contributed by atoms with van der Waals surface area (Å²) >= 11 is 5.92. The molecule has 0 amide bonds. The number of nitriles is 1. The second kappa shape index (κ2) is 6.80. The Bertz CT molecular complexity index is 911. The molecule has 0 spiro atoms. The molecule has 1 atom stereocenters. The number of allylic oxidation sites excluding steroid dienone is 1. The third kappa shape index (κ3) is 3.12. The van der Waals surface area contributed by atoms with Crippen LogP contribution in [0.25, 0.3) is 0 Å². The minimum atomic E-state index is -0.577. The maximum absolute atomic E-state index is 12.2. The summed E-state index contributed by atoms with van der Waals surface area (Å²) in [4.78, 5) is 12.2. The van der Waals surface area contributed by atoms with Gasteiger partial charge in [-0.15, -0.1) is 0 Å². The summed E-state index contributed by atoms with van der Waals surface area (Å²) < 4.78 is 0. The highest BCUT2D eigenvalue weighted by Crippen LogP contribution is 2.34. The average Bonchev–Trinajstić information content (AvgIpc) is 2.62. The van der Waals surface area contributed by atoms with Gasteiger partial charge in [-0.2, -0.15) is 10.4 Å². The van der Waals surface area contributed by atoms with Crippen molar-refractivity contribution >= 4 is 28.8 Å². The van der Waals surface area contributed by atoms with Crippen molar-refractivity contribution in [3.63, 3.8) is 0 Å². The second-order valence-corrected chi connectivity index (χ2v) is 6.02. The highest BCUT2D eigenvalue weighted by Gasteiger charge is 2.34. The van der Waals surface area contributed by atoms with Gasteiger partial charge in [0.25, 0.3) is 0 Å². The van der Waals surface area contributed by atoms with E-state index in [0.29, 0.717) is 16.3 Å². The molecule has 0 saturated carbocycles. The lowest BCUT2D eigenvalue weighted by molar-refractivity contribution is -0.111. The van der Waals surface area contributed by atoms with Crippen LogP contribution in [0.5, 0.6) is 0 Å². The molecule has 25 heavy (non-hydrogen) atoms. The summed E-state index contributed by atoms with van der Waals surface area (Å²) in [5.74, 6) is -0.594. The maximum Gasteiger partial charge on any atom is 0.176 e. The van der Waals surface area contributed by atoms with E-state index in [1.807, 2.05) is 30.3 Å². The number of hydrogen-bond donors (Lipinski definition) is 1. The number of hydrazone groups is 1. The number of nitrogens with zero attached hydrogens (tertiary/aromatic N) is 3. The first-order valence-electron chi connectivity index (χ1n) is 7.62. The number of ketones is 1. The van der Waals surface area contributed by atoms with Gasteiger partial charge in [0.15, 0.2) is 5.78 Å². The summed E-state index contributed by atoms with van der Waals surface area (Å²) in [5, 5.41) is 16.1. The third-order valence-corrected chi connectivity index (χ3v) is 4.21. The van der Waals surface area contributed by atoms with Crippen LogP contribution >= 0.6 is 11.6 Å². The van der Waals surface area contributed by atoms with E-state index in [9.17, 15) is 10.1 Å². The zero-order chi connectivity index (χ0) is 18.0. The molecular weight excluding hydrogens is 336 g/mol. The molecule has 1 heterocycles. The number of rotatable bonds is 3. The van der Waals surface area contributed by atoms with Gasteiger partial charge in [0.05, 0.1) is 23.2 Å². The predicted octanol–water partition coefficient (Wildman–Crippen LogP) is 3.58. The molecule has 0 unspecified atom stereocenters.